The van der Waals surface area contributed by atoms with Crippen LogP contribution in [0, 0.1) is 0 Å². The van der Waals surface area contributed by atoms with Crippen molar-refractivity contribution in [2.45, 2.75) is 50.6 Å². The van der Waals surface area contributed by atoms with E-state index < -0.39 is 0 Å². The molecule has 116 valence electrons. The highest BCUT2D eigenvalue weighted by Gasteiger charge is 2.21. The van der Waals surface area contributed by atoms with E-state index in [0.717, 1.165) is 12.2 Å². The maximum Gasteiger partial charge on any atom is 0.307 e. The first-order chi connectivity index (χ1) is 10.2. The van der Waals surface area contributed by atoms with Crippen LogP contribution in [0.4, 0.5) is 0 Å². The third-order valence-electron chi connectivity index (χ3n) is 4.11. The zero-order valence-corrected chi connectivity index (χ0v) is 12.9. The molecule has 1 aliphatic carbocycles. The van der Waals surface area contributed by atoms with Gasteiger partial charge in [0.2, 0.25) is 0 Å². The SMILES string of the molecule is COC(=O)CC(Cc1ccc(OC)cc1)NC1CCCC1. The molecule has 0 amide bonds. The summed E-state index contributed by atoms with van der Waals surface area (Å²) in [4.78, 5) is 11.6. The molecule has 1 saturated carbocycles. The van der Waals surface area contributed by atoms with Crippen molar-refractivity contribution < 1.29 is 14.3 Å². The summed E-state index contributed by atoms with van der Waals surface area (Å²) in [6.07, 6.45) is 6.23. The van der Waals surface area contributed by atoms with E-state index in [4.69, 9.17) is 9.47 Å². The van der Waals surface area contributed by atoms with Gasteiger partial charge in [0.25, 0.3) is 0 Å². The molecule has 0 saturated heterocycles. The second kappa shape index (κ2) is 8.03. The van der Waals surface area contributed by atoms with Crippen LogP contribution >= 0.6 is 0 Å². The lowest BCUT2D eigenvalue weighted by atomic mass is 10.0. The lowest BCUT2D eigenvalue weighted by Crippen LogP contribution is -2.39. The van der Waals surface area contributed by atoms with Gasteiger partial charge in [-0.2, -0.15) is 0 Å². The molecule has 1 aromatic rings. The molecule has 0 heterocycles. The fourth-order valence-electron chi connectivity index (χ4n) is 2.95. The summed E-state index contributed by atoms with van der Waals surface area (Å²) in [7, 11) is 3.11. The normalized spacial score (nSPS) is 16.7. The van der Waals surface area contributed by atoms with Crippen LogP contribution in [0.25, 0.3) is 0 Å². The minimum absolute atomic E-state index is 0.133. The summed E-state index contributed by atoms with van der Waals surface area (Å²) in [5, 5.41) is 3.63. The smallest absolute Gasteiger partial charge is 0.307 e. The van der Waals surface area contributed by atoms with E-state index >= 15 is 0 Å². The van der Waals surface area contributed by atoms with E-state index in [-0.39, 0.29) is 12.0 Å². The van der Waals surface area contributed by atoms with Crippen LogP contribution in [-0.2, 0) is 16.0 Å². The van der Waals surface area contributed by atoms with Crippen molar-refractivity contribution >= 4 is 5.97 Å². The summed E-state index contributed by atoms with van der Waals surface area (Å²) >= 11 is 0. The number of nitrogens with one attached hydrogen (secondary N) is 1. The molecule has 0 aliphatic heterocycles. The van der Waals surface area contributed by atoms with E-state index in [0.29, 0.717) is 12.5 Å². The fraction of sp³-hybridized carbons (Fsp3) is 0.588. The first-order valence-electron chi connectivity index (χ1n) is 7.67. The highest BCUT2D eigenvalue weighted by molar-refractivity contribution is 5.70. The summed E-state index contributed by atoms with van der Waals surface area (Å²) in [5.74, 6) is 0.700. The first-order valence-corrected chi connectivity index (χ1v) is 7.67. The Labute approximate surface area is 126 Å². The Bertz CT molecular complexity index is 438. The van der Waals surface area contributed by atoms with Gasteiger partial charge in [-0.25, -0.2) is 0 Å². The first kappa shape index (κ1) is 15.8. The minimum atomic E-state index is -0.154. The van der Waals surface area contributed by atoms with Crippen molar-refractivity contribution in [2.24, 2.45) is 0 Å². The summed E-state index contributed by atoms with van der Waals surface area (Å²) in [6, 6.07) is 8.70. The number of benzene rings is 1. The highest BCUT2D eigenvalue weighted by atomic mass is 16.5. The molecule has 1 aliphatic rings. The second-order valence-corrected chi connectivity index (χ2v) is 5.68. The van der Waals surface area contributed by atoms with Crippen LogP contribution in [0.3, 0.4) is 0 Å². The van der Waals surface area contributed by atoms with E-state index in [1.165, 1.54) is 38.4 Å². The highest BCUT2D eigenvalue weighted by Crippen LogP contribution is 2.20. The van der Waals surface area contributed by atoms with E-state index in [2.05, 4.69) is 17.4 Å². The number of esters is 1. The number of hydrogen-bond donors (Lipinski definition) is 1. The molecule has 0 bridgehead atoms. The molecule has 0 aromatic heterocycles. The van der Waals surface area contributed by atoms with Crippen LogP contribution in [-0.4, -0.2) is 32.3 Å². The molecule has 1 fully saturated rings. The van der Waals surface area contributed by atoms with Gasteiger partial charge in [0.05, 0.1) is 20.6 Å². The quantitative estimate of drug-likeness (QED) is 0.785. The molecular weight excluding hydrogens is 266 g/mol. The van der Waals surface area contributed by atoms with Gasteiger partial charge in [-0.05, 0) is 37.0 Å². The van der Waals surface area contributed by atoms with Crippen LogP contribution in [0.1, 0.15) is 37.7 Å². The molecule has 0 spiro atoms. The van der Waals surface area contributed by atoms with Gasteiger partial charge in [0.1, 0.15) is 5.75 Å². The van der Waals surface area contributed by atoms with Gasteiger partial charge < -0.3 is 14.8 Å². The molecule has 4 nitrogen and oxygen atoms in total. The third-order valence-corrected chi connectivity index (χ3v) is 4.11. The van der Waals surface area contributed by atoms with E-state index in [9.17, 15) is 4.79 Å². The number of rotatable bonds is 7. The van der Waals surface area contributed by atoms with E-state index in [1.54, 1.807) is 7.11 Å². The Balaban J connectivity index is 1.97. The van der Waals surface area contributed by atoms with Crippen molar-refractivity contribution in [3.63, 3.8) is 0 Å². The maximum absolute atomic E-state index is 11.6. The number of hydrogen-bond acceptors (Lipinski definition) is 4. The molecule has 2 rings (SSSR count). The van der Waals surface area contributed by atoms with Crippen LogP contribution in [0.5, 0.6) is 5.75 Å². The maximum atomic E-state index is 11.6. The zero-order chi connectivity index (χ0) is 15.1. The monoisotopic (exact) mass is 291 g/mol. The van der Waals surface area contributed by atoms with Gasteiger partial charge >= 0.3 is 5.97 Å². The van der Waals surface area contributed by atoms with Crippen molar-refractivity contribution in [2.75, 3.05) is 14.2 Å². The minimum Gasteiger partial charge on any atom is -0.497 e. The molecule has 0 radical (unpaired) electrons. The van der Waals surface area contributed by atoms with E-state index in [1.807, 2.05) is 12.1 Å². The molecule has 1 unspecified atom stereocenters. The molecule has 4 heteroatoms. The number of methoxy groups -OCH3 is 2. The van der Waals surface area contributed by atoms with Gasteiger partial charge in [0.15, 0.2) is 0 Å². The van der Waals surface area contributed by atoms with Gasteiger partial charge in [-0.15, -0.1) is 0 Å². The van der Waals surface area contributed by atoms with Crippen molar-refractivity contribution in [1.82, 2.24) is 5.32 Å². The Morgan fingerprint density at radius 2 is 1.90 bits per heavy atom. The molecule has 1 aromatic carbocycles. The summed E-state index contributed by atoms with van der Waals surface area (Å²) in [6.45, 7) is 0. The molecule has 1 N–H and O–H groups in total. The lowest BCUT2D eigenvalue weighted by molar-refractivity contribution is -0.141. The largest absolute Gasteiger partial charge is 0.497 e. The average molecular weight is 291 g/mol. The Hall–Kier alpha value is -1.55. The van der Waals surface area contributed by atoms with Crippen LogP contribution < -0.4 is 10.1 Å². The molecule has 1 atom stereocenters. The number of carbonyl (C=O) groups excluding carboxylic acids is 1. The Morgan fingerprint density at radius 1 is 1.24 bits per heavy atom. The van der Waals surface area contributed by atoms with Crippen LogP contribution in [0.2, 0.25) is 0 Å². The van der Waals surface area contributed by atoms with Crippen LogP contribution in [0.15, 0.2) is 24.3 Å². The Morgan fingerprint density at radius 3 is 2.48 bits per heavy atom. The Kier molecular flexibility index (Phi) is 6.05. The third kappa shape index (κ3) is 5.05. The molecule has 21 heavy (non-hydrogen) atoms. The predicted molar refractivity (Wildman–Crippen MR) is 82.5 cm³/mol. The van der Waals surface area contributed by atoms with Crippen molar-refractivity contribution in [3.05, 3.63) is 29.8 Å². The van der Waals surface area contributed by atoms with Gasteiger partial charge in [-0.1, -0.05) is 25.0 Å². The summed E-state index contributed by atoms with van der Waals surface area (Å²) < 4.78 is 9.99. The zero-order valence-electron chi connectivity index (χ0n) is 12.9. The second-order valence-electron chi connectivity index (χ2n) is 5.68. The fourth-order valence-corrected chi connectivity index (χ4v) is 2.95. The average Bonchev–Trinajstić information content (AvgIpc) is 3.00. The number of carbonyl (C=O) groups is 1. The summed E-state index contributed by atoms with van der Waals surface area (Å²) in [5.41, 5.74) is 1.20. The van der Waals surface area contributed by atoms with Crippen molar-refractivity contribution in [1.29, 1.82) is 0 Å². The van der Waals surface area contributed by atoms with Gasteiger partial charge in [0, 0.05) is 12.1 Å². The van der Waals surface area contributed by atoms with Gasteiger partial charge in [-0.3, -0.25) is 4.79 Å². The number of ether oxygens (including phenoxy) is 2. The van der Waals surface area contributed by atoms with Crippen molar-refractivity contribution in [3.8, 4) is 5.75 Å². The lowest BCUT2D eigenvalue weighted by Gasteiger charge is -2.22. The standard InChI is InChI=1S/C17H25NO3/c1-20-16-9-7-13(8-10-16)11-15(12-17(19)21-2)18-14-5-3-4-6-14/h7-10,14-15,18H,3-6,11-12H2,1-2H3. The predicted octanol–water partition coefficient (Wildman–Crippen LogP) is 2.70. The molecular formula is C17H25NO3. The topological polar surface area (TPSA) is 47.6 Å².